The first kappa shape index (κ1) is 12.2. The Morgan fingerprint density at radius 1 is 1.50 bits per heavy atom. The minimum atomic E-state index is -3.04. The third-order valence-electron chi connectivity index (χ3n) is 1.73. The molecule has 5 heteroatoms. The summed E-state index contributed by atoms with van der Waals surface area (Å²) in [6.45, 7) is 2.07. The summed E-state index contributed by atoms with van der Waals surface area (Å²) >= 11 is 5.47. The van der Waals surface area contributed by atoms with Gasteiger partial charge in [0.25, 0.3) is 0 Å². The highest BCUT2D eigenvalue weighted by atomic mass is 35.5. The third kappa shape index (κ3) is 3.74. The molecule has 0 aliphatic carbocycles. The van der Waals surface area contributed by atoms with Crippen molar-refractivity contribution in [3.63, 3.8) is 0 Å². The van der Waals surface area contributed by atoms with Gasteiger partial charge < -0.3 is 5.73 Å². The van der Waals surface area contributed by atoms with Gasteiger partial charge in [-0.1, -0.05) is 13.3 Å². The molecule has 3 nitrogen and oxygen atoms in total. The Morgan fingerprint density at radius 2 is 2.08 bits per heavy atom. The molecular formula is C7H16ClNO2S. The fraction of sp³-hybridized carbons (Fsp3) is 1.00. The molecule has 2 N–H and O–H groups in total. The Balaban J connectivity index is 4.17. The molecule has 0 aliphatic heterocycles. The number of rotatable bonds is 6. The number of halogens is 1. The molecule has 1 unspecified atom stereocenters. The number of hydrogen-bond acceptors (Lipinski definition) is 3. The zero-order valence-electron chi connectivity index (χ0n) is 7.29. The van der Waals surface area contributed by atoms with Crippen molar-refractivity contribution >= 4 is 21.4 Å². The Kier molecular flexibility index (Phi) is 5.88. The lowest BCUT2D eigenvalue weighted by molar-refractivity contribution is 0.581. The fourth-order valence-corrected chi connectivity index (χ4v) is 3.03. The van der Waals surface area contributed by atoms with Gasteiger partial charge in [-0.3, -0.25) is 0 Å². The Labute approximate surface area is 79.2 Å². The van der Waals surface area contributed by atoms with E-state index in [1.54, 1.807) is 0 Å². The van der Waals surface area contributed by atoms with Crippen LogP contribution in [-0.4, -0.2) is 31.8 Å². The molecule has 0 saturated heterocycles. The lowest BCUT2D eigenvalue weighted by atomic mass is 10.4. The molecule has 0 radical (unpaired) electrons. The number of unbranched alkanes of at least 4 members (excludes halogenated alkanes) is 1. The van der Waals surface area contributed by atoms with E-state index in [2.05, 4.69) is 0 Å². The van der Waals surface area contributed by atoms with Crippen LogP contribution >= 0.6 is 11.6 Å². The van der Waals surface area contributed by atoms with E-state index < -0.39 is 15.1 Å². The average Bonchev–Trinajstić information content (AvgIpc) is 2.03. The van der Waals surface area contributed by atoms with Crippen LogP contribution in [0.25, 0.3) is 0 Å². The first-order chi connectivity index (χ1) is 5.58. The van der Waals surface area contributed by atoms with Gasteiger partial charge in [0.05, 0.1) is 11.0 Å². The second-order valence-corrected chi connectivity index (χ2v) is 5.44. The highest BCUT2D eigenvalue weighted by molar-refractivity contribution is 7.92. The Bertz CT molecular complexity index is 199. The minimum Gasteiger partial charge on any atom is -0.329 e. The van der Waals surface area contributed by atoms with Crippen LogP contribution in [-0.2, 0) is 9.84 Å². The summed E-state index contributed by atoms with van der Waals surface area (Å²) in [6.07, 6.45) is 1.56. The second kappa shape index (κ2) is 5.78. The smallest absolute Gasteiger partial charge is 0.155 e. The average molecular weight is 214 g/mol. The van der Waals surface area contributed by atoms with Crippen molar-refractivity contribution in [2.24, 2.45) is 5.73 Å². The number of sulfone groups is 1. The molecule has 12 heavy (non-hydrogen) atoms. The van der Waals surface area contributed by atoms with Crippen LogP contribution in [0.2, 0.25) is 0 Å². The summed E-state index contributed by atoms with van der Waals surface area (Å²) in [5.74, 6) is 0.306. The number of alkyl halides is 1. The van der Waals surface area contributed by atoms with Crippen LogP contribution < -0.4 is 5.73 Å². The van der Waals surface area contributed by atoms with Crippen molar-refractivity contribution in [2.45, 2.75) is 25.0 Å². The molecule has 74 valence electrons. The maximum atomic E-state index is 11.4. The summed E-state index contributed by atoms with van der Waals surface area (Å²) in [4.78, 5) is 0. The molecule has 0 heterocycles. The van der Waals surface area contributed by atoms with Crippen molar-refractivity contribution in [1.82, 2.24) is 0 Å². The van der Waals surface area contributed by atoms with Crippen molar-refractivity contribution in [3.05, 3.63) is 0 Å². The molecule has 0 saturated carbocycles. The molecular weight excluding hydrogens is 198 g/mol. The van der Waals surface area contributed by atoms with Gasteiger partial charge in [-0.25, -0.2) is 8.42 Å². The van der Waals surface area contributed by atoms with Crippen LogP contribution in [0.15, 0.2) is 0 Å². The van der Waals surface area contributed by atoms with Gasteiger partial charge >= 0.3 is 0 Å². The monoisotopic (exact) mass is 213 g/mol. The third-order valence-corrected chi connectivity index (χ3v) is 4.51. The minimum absolute atomic E-state index is 0.0997. The highest BCUT2D eigenvalue weighted by Gasteiger charge is 2.21. The summed E-state index contributed by atoms with van der Waals surface area (Å²) in [6, 6.07) is 0. The largest absolute Gasteiger partial charge is 0.329 e. The molecule has 0 bridgehead atoms. The van der Waals surface area contributed by atoms with E-state index in [-0.39, 0.29) is 18.2 Å². The topological polar surface area (TPSA) is 60.2 Å². The van der Waals surface area contributed by atoms with Gasteiger partial charge in [0, 0.05) is 12.4 Å². The Morgan fingerprint density at radius 3 is 2.42 bits per heavy atom. The summed E-state index contributed by atoms with van der Waals surface area (Å²) in [5, 5.41) is -0.564. The number of nitrogens with two attached hydrogens (primary N) is 1. The van der Waals surface area contributed by atoms with Gasteiger partial charge in [-0.05, 0) is 6.42 Å². The van der Waals surface area contributed by atoms with Crippen molar-refractivity contribution in [3.8, 4) is 0 Å². The lowest BCUT2D eigenvalue weighted by Crippen LogP contribution is -2.33. The van der Waals surface area contributed by atoms with Crippen LogP contribution in [0.5, 0.6) is 0 Å². The van der Waals surface area contributed by atoms with Gasteiger partial charge in [0.15, 0.2) is 9.84 Å². The van der Waals surface area contributed by atoms with Gasteiger partial charge in [0.2, 0.25) is 0 Å². The summed E-state index contributed by atoms with van der Waals surface area (Å²) in [7, 11) is -3.04. The van der Waals surface area contributed by atoms with Crippen molar-refractivity contribution in [1.29, 1.82) is 0 Å². The molecule has 0 spiro atoms. The van der Waals surface area contributed by atoms with Crippen LogP contribution in [0.4, 0.5) is 0 Å². The molecule has 0 fully saturated rings. The first-order valence-electron chi connectivity index (χ1n) is 4.06. The quantitative estimate of drug-likeness (QED) is 0.663. The summed E-state index contributed by atoms with van der Waals surface area (Å²) in [5.41, 5.74) is 5.28. The molecule has 0 aliphatic rings. The van der Waals surface area contributed by atoms with E-state index >= 15 is 0 Å². The first-order valence-corrected chi connectivity index (χ1v) is 6.31. The number of hydrogen-bond donors (Lipinski definition) is 1. The standard InChI is InChI=1S/C7H16ClNO2S/c1-2-3-4-12(10,11)7(5-8)6-9/h7H,2-6,9H2,1H3. The van der Waals surface area contributed by atoms with Crippen LogP contribution in [0.3, 0.4) is 0 Å². The van der Waals surface area contributed by atoms with E-state index in [0.717, 1.165) is 6.42 Å². The van der Waals surface area contributed by atoms with E-state index in [0.29, 0.717) is 6.42 Å². The summed E-state index contributed by atoms with van der Waals surface area (Å²) < 4.78 is 22.8. The Hall–Kier alpha value is 0.200. The molecule has 0 rings (SSSR count). The molecule has 1 atom stereocenters. The molecule has 0 aromatic heterocycles. The van der Waals surface area contributed by atoms with Gasteiger partial charge in [-0.15, -0.1) is 11.6 Å². The molecule has 0 aromatic carbocycles. The maximum Gasteiger partial charge on any atom is 0.155 e. The van der Waals surface area contributed by atoms with Crippen LogP contribution in [0.1, 0.15) is 19.8 Å². The maximum absolute atomic E-state index is 11.4. The van der Waals surface area contributed by atoms with E-state index in [1.165, 1.54) is 0 Å². The zero-order chi connectivity index (χ0) is 9.61. The fourth-order valence-electron chi connectivity index (χ4n) is 0.818. The molecule has 0 aromatic rings. The highest BCUT2D eigenvalue weighted by Crippen LogP contribution is 2.06. The SMILES string of the molecule is CCCCS(=O)(=O)C(CN)CCl. The van der Waals surface area contributed by atoms with Crippen molar-refractivity contribution < 1.29 is 8.42 Å². The van der Waals surface area contributed by atoms with Gasteiger partial charge in [0.1, 0.15) is 0 Å². The second-order valence-electron chi connectivity index (χ2n) is 2.73. The predicted octanol–water partition coefficient (Wildman–Crippen LogP) is 0.767. The van der Waals surface area contributed by atoms with Crippen molar-refractivity contribution in [2.75, 3.05) is 18.2 Å². The normalized spacial score (nSPS) is 14.6. The molecule has 0 amide bonds. The van der Waals surface area contributed by atoms with E-state index in [4.69, 9.17) is 17.3 Å². The predicted molar refractivity (Wildman–Crippen MR) is 52.3 cm³/mol. The van der Waals surface area contributed by atoms with E-state index in [1.807, 2.05) is 6.92 Å². The zero-order valence-corrected chi connectivity index (χ0v) is 8.87. The van der Waals surface area contributed by atoms with Gasteiger partial charge in [-0.2, -0.15) is 0 Å². The van der Waals surface area contributed by atoms with Crippen LogP contribution in [0, 0.1) is 0 Å². The lowest BCUT2D eigenvalue weighted by Gasteiger charge is -2.11. The van der Waals surface area contributed by atoms with E-state index in [9.17, 15) is 8.42 Å².